The highest BCUT2D eigenvalue weighted by Gasteiger charge is 1.97. The molecule has 0 aliphatic carbocycles. The van der Waals surface area contributed by atoms with Gasteiger partial charge in [0.05, 0.1) is 7.11 Å². The van der Waals surface area contributed by atoms with Crippen LogP contribution in [0.3, 0.4) is 0 Å². The zero-order valence-corrected chi connectivity index (χ0v) is 9.77. The van der Waals surface area contributed by atoms with Crippen LogP contribution in [0.5, 0.6) is 5.75 Å². The molecule has 4 nitrogen and oxygen atoms in total. The molecule has 1 aromatic carbocycles. The number of amides is 2. The highest BCUT2D eigenvalue weighted by Crippen LogP contribution is 2.17. The number of ether oxygens (including phenoxy) is 1. The van der Waals surface area contributed by atoms with Crippen LogP contribution in [0.4, 0.5) is 4.79 Å². The predicted molar refractivity (Wildman–Crippen MR) is 68.8 cm³/mol. The van der Waals surface area contributed by atoms with Crippen molar-refractivity contribution >= 4 is 12.1 Å². The monoisotopic (exact) mass is 232 g/mol. The number of urea groups is 1. The summed E-state index contributed by atoms with van der Waals surface area (Å²) in [7, 11) is 1.61. The summed E-state index contributed by atoms with van der Waals surface area (Å²) in [6.07, 6.45) is 4.95. The Morgan fingerprint density at radius 3 is 2.94 bits per heavy atom. The molecule has 0 spiro atoms. The highest BCUT2D eigenvalue weighted by atomic mass is 16.5. The van der Waals surface area contributed by atoms with Crippen molar-refractivity contribution in [2.75, 3.05) is 13.7 Å². The molecule has 0 aliphatic rings. The highest BCUT2D eigenvalue weighted by molar-refractivity contribution is 5.76. The van der Waals surface area contributed by atoms with Crippen LogP contribution >= 0.6 is 0 Å². The van der Waals surface area contributed by atoms with Gasteiger partial charge in [0.1, 0.15) is 5.75 Å². The summed E-state index contributed by atoms with van der Waals surface area (Å²) in [4.78, 5) is 11.2. The molecule has 0 unspecified atom stereocenters. The van der Waals surface area contributed by atoms with Crippen molar-refractivity contribution in [1.82, 2.24) is 10.6 Å². The lowest BCUT2D eigenvalue weighted by Gasteiger charge is -2.04. The van der Waals surface area contributed by atoms with Gasteiger partial charge in [-0.3, -0.25) is 0 Å². The number of methoxy groups -OCH3 is 1. The zero-order valence-electron chi connectivity index (χ0n) is 9.77. The number of hydrogen-bond acceptors (Lipinski definition) is 2. The van der Waals surface area contributed by atoms with Crippen molar-refractivity contribution in [2.24, 2.45) is 0 Å². The number of hydrogen-bond donors (Lipinski definition) is 2. The Morgan fingerprint density at radius 2 is 2.24 bits per heavy atom. The van der Waals surface area contributed by atoms with Gasteiger partial charge >= 0.3 is 6.03 Å². The predicted octanol–water partition coefficient (Wildman–Crippen LogP) is 2.15. The van der Waals surface area contributed by atoms with E-state index in [9.17, 15) is 4.79 Å². The van der Waals surface area contributed by atoms with Gasteiger partial charge in [-0.05, 0) is 12.1 Å². The second kappa shape index (κ2) is 7.11. The van der Waals surface area contributed by atoms with Crippen molar-refractivity contribution < 1.29 is 9.53 Å². The van der Waals surface area contributed by atoms with Gasteiger partial charge in [0.25, 0.3) is 0 Å². The van der Waals surface area contributed by atoms with Crippen LogP contribution in [-0.2, 0) is 0 Å². The van der Waals surface area contributed by atoms with E-state index in [-0.39, 0.29) is 6.03 Å². The standard InChI is InChI=1S/C13H16N2O2/c1-3-9-14-13(16)15-10-8-11-6-4-5-7-12(11)17-2/h3-8,10H,1,9H2,2H3,(H2,14,15,16)/b10-8+. The second-order valence-electron chi connectivity index (χ2n) is 3.22. The fraction of sp³-hybridized carbons (Fsp3) is 0.154. The molecule has 90 valence electrons. The summed E-state index contributed by atoms with van der Waals surface area (Å²) in [5, 5.41) is 5.18. The summed E-state index contributed by atoms with van der Waals surface area (Å²) >= 11 is 0. The molecule has 0 atom stereocenters. The Labute approximate surface area is 101 Å². The Bertz CT molecular complexity index is 414. The molecule has 0 saturated carbocycles. The molecule has 1 rings (SSSR count). The van der Waals surface area contributed by atoms with Gasteiger partial charge < -0.3 is 15.4 Å². The SMILES string of the molecule is C=CCNC(=O)N/C=C/c1ccccc1OC. The first-order valence-electron chi connectivity index (χ1n) is 5.22. The third kappa shape index (κ3) is 4.42. The first-order chi connectivity index (χ1) is 8.27. The van der Waals surface area contributed by atoms with Crippen molar-refractivity contribution in [3.05, 3.63) is 48.7 Å². The fourth-order valence-electron chi connectivity index (χ4n) is 1.23. The van der Waals surface area contributed by atoms with Crippen LogP contribution in [-0.4, -0.2) is 19.7 Å². The molecule has 0 aromatic heterocycles. The first kappa shape index (κ1) is 12.8. The summed E-state index contributed by atoms with van der Waals surface area (Å²) in [6, 6.07) is 7.28. The molecule has 4 heteroatoms. The quantitative estimate of drug-likeness (QED) is 0.764. The largest absolute Gasteiger partial charge is 0.496 e. The van der Waals surface area contributed by atoms with Crippen molar-refractivity contribution in [3.63, 3.8) is 0 Å². The zero-order chi connectivity index (χ0) is 12.5. The summed E-state index contributed by atoms with van der Waals surface area (Å²) in [5.41, 5.74) is 0.902. The second-order valence-corrected chi connectivity index (χ2v) is 3.22. The smallest absolute Gasteiger partial charge is 0.319 e. The third-order valence-electron chi connectivity index (χ3n) is 2.02. The normalized spacial score (nSPS) is 9.94. The number of carbonyl (C=O) groups is 1. The molecule has 0 aliphatic heterocycles. The average Bonchev–Trinajstić information content (AvgIpc) is 2.37. The average molecular weight is 232 g/mol. The van der Waals surface area contributed by atoms with Crippen molar-refractivity contribution in [2.45, 2.75) is 0 Å². The number of benzene rings is 1. The minimum atomic E-state index is -0.268. The van der Waals surface area contributed by atoms with E-state index in [1.807, 2.05) is 24.3 Å². The van der Waals surface area contributed by atoms with E-state index in [0.717, 1.165) is 11.3 Å². The van der Waals surface area contributed by atoms with E-state index < -0.39 is 0 Å². The molecule has 2 N–H and O–H groups in total. The number of rotatable bonds is 5. The molecule has 0 saturated heterocycles. The van der Waals surface area contributed by atoms with E-state index in [2.05, 4.69) is 17.2 Å². The summed E-state index contributed by atoms with van der Waals surface area (Å²) < 4.78 is 5.17. The molecule has 1 aromatic rings. The van der Waals surface area contributed by atoms with Gasteiger partial charge in [0, 0.05) is 18.3 Å². The van der Waals surface area contributed by atoms with E-state index in [1.165, 1.54) is 0 Å². The van der Waals surface area contributed by atoms with Crippen molar-refractivity contribution in [3.8, 4) is 5.75 Å². The third-order valence-corrected chi connectivity index (χ3v) is 2.02. The lowest BCUT2D eigenvalue weighted by atomic mass is 10.2. The van der Waals surface area contributed by atoms with Crippen LogP contribution in [0, 0.1) is 0 Å². The van der Waals surface area contributed by atoms with Gasteiger partial charge in [0.15, 0.2) is 0 Å². The van der Waals surface area contributed by atoms with E-state index in [4.69, 9.17) is 4.74 Å². The Kier molecular flexibility index (Phi) is 5.37. The van der Waals surface area contributed by atoms with Crippen LogP contribution in [0.25, 0.3) is 6.08 Å². The number of carbonyl (C=O) groups excluding carboxylic acids is 1. The van der Waals surface area contributed by atoms with Gasteiger partial charge in [-0.15, -0.1) is 6.58 Å². The Hall–Kier alpha value is -2.23. The van der Waals surface area contributed by atoms with Crippen molar-refractivity contribution in [1.29, 1.82) is 0 Å². The Morgan fingerprint density at radius 1 is 1.47 bits per heavy atom. The van der Waals surface area contributed by atoms with E-state index >= 15 is 0 Å². The Balaban J connectivity index is 2.53. The lowest BCUT2D eigenvalue weighted by Crippen LogP contribution is -2.31. The minimum absolute atomic E-state index is 0.268. The molecule has 17 heavy (non-hydrogen) atoms. The van der Waals surface area contributed by atoms with Gasteiger partial charge in [-0.1, -0.05) is 24.3 Å². The minimum Gasteiger partial charge on any atom is -0.496 e. The number of nitrogens with one attached hydrogen (secondary N) is 2. The molecular weight excluding hydrogens is 216 g/mol. The number of para-hydroxylation sites is 1. The topological polar surface area (TPSA) is 50.4 Å². The molecule has 2 amide bonds. The van der Waals surface area contributed by atoms with Crippen LogP contribution in [0.2, 0.25) is 0 Å². The molecule has 0 heterocycles. The molecule has 0 bridgehead atoms. The van der Waals surface area contributed by atoms with Crippen LogP contribution in [0.15, 0.2) is 43.1 Å². The maximum Gasteiger partial charge on any atom is 0.319 e. The summed E-state index contributed by atoms with van der Waals surface area (Å²) in [5.74, 6) is 0.761. The molecular formula is C13H16N2O2. The fourth-order valence-corrected chi connectivity index (χ4v) is 1.23. The van der Waals surface area contributed by atoms with E-state index in [0.29, 0.717) is 6.54 Å². The van der Waals surface area contributed by atoms with Crippen LogP contribution in [0.1, 0.15) is 5.56 Å². The van der Waals surface area contributed by atoms with Gasteiger partial charge in [-0.2, -0.15) is 0 Å². The maximum atomic E-state index is 11.2. The molecule has 0 radical (unpaired) electrons. The van der Waals surface area contributed by atoms with Crippen LogP contribution < -0.4 is 15.4 Å². The lowest BCUT2D eigenvalue weighted by molar-refractivity contribution is 0.245. The summed E-state index contributed by atoms with van der Waals surface area (Å²) in [6.45, 7) is 3.94. The molecule has 0 fully saturated rings. The maximum absolute atomic E-state index is 11.2. The van der Waals surface area contributed by atoms with Gasteiger partial charge in [-0.25, -0.2) is 4.79 Å². The van der Waals surface area contributed by atoms with E-state index in [1.54, 1.807) is 25.5 Å². The first-order valence-corrected chi connectivity index (χ1v) is 5.22. The van der Waals surface area contributed by atoms with Gasteiger partial charge in [0.2, 0.25) is 0 Å².